The Bertz CT molecular complexity index is 1420. The van der Waals surface area contributed by atoms with Gasteiger partial charge in [0.2, 0.25) is 5.91 Å². The minimum atomic E-state index is -4.75. The second kappa shape index (κ2) is 10.3. The molecule has 7 nitrogen and oxygen atoms in total. The van der Waals surface area contributed by atoms with Crippen LogP contribution in [0.25, 0.3) is 22.0 Å². The lowest BCUT2D eigenvalue weighted by Gasteiger charge is -2.22. The number of aromatic nitrogens is 1. The molecule has 3 N–H and O–H groups in total. The second-order valence-corrected chi connectivity index (χ2v) is 8.63. The van der Waals surface area contributed by atoms with Crippen LogP contribution in [0.5, 0.6) is 0 Å². The van der Waals surface area contributed by atoms with Crippen molar-refractivity contribution in [3.05, 3.63) is 78.0 Å². The first-order valence-corrected chi connectivity index (χ1v) is 11.6. The first-order valence-electron chi connectivity index (χ1n) is 11.6. The number of halogens is 3. The van der Waals surface area contributed by atoms with E-state index in [2.05, 4.69) is 22.2 Å². The number of benzene rings is 2. The molecule has 3 amide bonds. The van der Waals surface area contributed by atoms with Crippen molar-refractivity contribution in [1.29, 1.82) is 0 Å². The van der Waals surface area contributed by atoms with Gasteiger partial charge in [0, 0.05) is 54.1 Å². The highest BCUT2D eigenvalue weighted by Crippen LogP contribution is 2.42. The molecule has 0 saturated carbocycles. The van der Waals surface area contributed by atoms with E-state index in [4.69, 9.17) is 0 Å². The normalized spacial score (nSPS) is 13.7. The van der Waals surface area contributed by atoms with Gasteiger partial charge in [0.15, 0.2) is 0 Å². The van der Waals surface area contributed by atoms with E-state index in [1.165, 1.54) is 24.4 Å². The molecule has 2 aromatic carbocycles. The van der Waals surface area contributed by atoms with Crippen molar-refractivity contribution in [2.24, 2.45) is 0 Å². The van der Waals surface area contributed by atoms with Crippen LogP contribution in [-0.4, -0.2) is 42.8 Å². The van der Waals surface area contributed by atoms with Crippen LogP contribution in [0.2, 0.25) is 0 Å². The molecule has 0 atom stereocenters. The van der Waals surface area contributed by atoms with Gasteiger partial charge in [0.1, 0.15) is 0 Å². The number of carbonyl (C=O) groups excluding carboxylic acids is 3. The zero-order valence-electron chi connectivity index (χ0n) is 20.0. The van der Waals surface area contributed by atoms with Gasteiger partial charge < -0.3 is 15.2 Å². The molecule has 0 radical (unpaired) electrons. The molecular weight excluding hydrogens is 485 g/mol. The third kappa shape index (κ3) is 5.28. The first-order chi connectivity index (χ1) is 17.6. The van der Waals surface area contributed by atoms with Crippen molar-refractivity contribution in [3.8, 4) is 0 Å². The number of nitrogens with one attached hydrogen (secondary N) is 3. The summed E-state index contributed by atoms with van der Waals surface area (Å²) in [6, 6.07) is 10.6. The smallest absolute Gasteiger partial charge is 0.375 e. The number of hydrogen-bond donors (Lipinski definition) is 3. The lowest BCUT2D eigenvalue weighted by atomic mass is 9.92. The number of hydrogen-bond acceptors (Lipinski definition) is 4. The number of H-pyrrole nitrogens is 1. The molecule has 1 aromatic heterocycles. The standard InChI is InChI=1S/C27H25F3N4O3/c1-3-22(35)31-12-6-7-13-34(2)16-10-11-20(27(28,29)30)18(14-16)23-24(26(37)33-25(23)36)19-15-32-21-9-5-4-8-17(19)21/h3-5,8-11,14-15,32H,1,6-7,12-13H2,2H3,(H,31,35)(H,33,36,37). The summed E-state index contributed by atoms with van der Waals surface area (Å²) in [5.41, 5.74) is -0.299. The second-order valence-electron chi connectivity index (χ2n) is 8.63. The Morgan fingerprint density at radius 1 is 1.05 bits per heavy atom. The van der Waals surface area contributed by atoms with E-state index in [-0.39, 0.29) is 22.6 Å². The van der Waals surface area contributed by atoms with Crippen molar-refractivity contribution < 1.29 is 27.6 Å². The number of fused-ring (bicyclic) bond motifs is 1. The van der Waals surface area contributed by atoms with Gasteiger partial charge in [-0.3, -0.25) is 19.7 Å². The number of rotatable bonds is 9. The van der Waals surface area contributed by atoms with E-state index in [0.717, 1.165) is 6.07 Å². The largest absolute Gasteiger partial charge is 0.417 e. The van der Waals surface area contributed by atoms with E-state index in [1.54, 1.807) is 36.2 Å². The van der Waals surface area contributed by atoms with Crippen molar-refractivity contribution in [2.45, 2.75) is 19.0 Å². The predicted molar refractivity (Wildman–Crippen MR) is 135 cm³/mol. The summed E-state index contributed by atoms with van der Waals surface area (Å²) < 4.78 is 42.2. The number of nitrogens with zero attached hydrogens (tertiary/aromatic N) is 1. The van der Waals surface area contributed by atoms with Crippen LogP contribution in [-0.2, 0) is 20.6 Å². The summed E-state index contributed by atoms with van der Waals surface area (Å²) in [6.07, 6.45) is -0.734. The molecular formula is C27H25F3N4O3. The Labute approximate surface area is 211 Å². The van der Waals surface area contributed by atoms with Gasteiger partial charge >= 0.3 is 6.18 Å². The van der Waals surface area contributed by atoms with E-state index in [0.29, 0.717) is 48.1 Å². The number of carbonyl (C=O) groups is 3. The molecule has 0 spiro atoms. The van der Waals surface area contributed by atoms with Crippen LogP contribution in [0.3, 0.4) is 0 Å². The lowest BCUT2D eigenvalue weighted by molar-refractivity contribution is -0.137. The van der Waals surface area contributed by atoms with Gasteiger partial charge in [0.25, 0.3) is 11.8 Å². The molecule has 0 unspecified atom stereocenters. The van der Waals surface area contributed by atoms with Crippen molar-refractivity contribution in [3.63, 3.8) is 0 Å². The zero-order chi connectivity index (χ0) is 26.7. The molecule has 3 aromatic rings. The van der Waals surface area contributed by atoms with Gasteiger partial charge in [-0.25, -0.2) is 0 Å². The molecule has 2 heterocycles. The molecule has 10 heteroatoms. The summed E-state index contributed by atoms with van der Waals surface area (Å²) in [6.45, 7) is 4.32. The van der Waals surface area contributed by atoms with Crippen LogP contribution >= 0.6 is 0 Å². The maximum absolute atomic E-state index is 14.1. The molecule has 0 fully saturated rings. The SMILES string of the molecule is C=CC(=O)NCCCCN(C)c1ccc(C(F)(F)F)c(C2=C(c3c[nH]c4ccccc34)C(=O)NC2=O)c1. The van der Waals surface area contributed by atoms with Crippen LogP contribution in [0.15, 0.2) is 61.3 Å². The topological polar surface area (TPSA) is 94.3 Å². The van der Waals surface area contributed by atoms with Crippen LogP contribution in [0, 0.1) is 0 Å². The van der Waals surface area contributed by atoms with E-state index in [9.17, 15) is 27.6 Å². The lowest BCUT2D eigenvalue weighted by Crippen LogP contribution is -2.24. The molecule has 4 rings (SSSR count). The summed E-state index contributed by atoms with van der Waals surface area (Å²) in [7, 11) is 1.73. The number of unbranched alkanes of at least 4 members (excludes halogenated alkanes) is 1. The van der Waals surface area contributed by atoms with Gasteiger partial charge in [0.05, 0.1) is 16.7 Å². The van der Waals surface area contributed by atoms with Crippen molar-refractivity contribution in [1.82, 2.24) is 15.6 Å². The summed E-state index contributed by atoms with van der Waals surface area (Å²) >= 11 is 0. The fraction of sp³-hybridized carbons (Fsp3) is 0.222. The van der Waals surface area contributed by atoms with Gasteiger partial charge in [-0.05, 0) is 43.2 Å². The average Bonchev–Trinajstić information content (AvgIpc) is 3.41. The number of alkyl halides is 3. The minimum Gasteiger partial charge on any atom is -0.375 e. The summed E-state index contributed by atoms with van der Waals surface area (Å²) in [5.74, 6) is -1.91. The Morgan fingerprint density at radius 2 is 1.76 bits per heavy atom. The molecule has 37 heavy (non-hydrogen) atoms. The fourth-order valence-corrected chi connectivity index (χ4v) is 4.36. The van der Waals surface area contributed by atoms with Crippen LogP contribution in [0.4, 0.5) is 18.9 Å². The monoisotopic (exact) mass is 510 g/mol. The minimum absolute atomic E-state index is 0.106. The number of imide groups is 1. The molecule has 1 aliphatic heterocycles. The van der Waals surface area contributed by atoms with Gasteiger partial charge in [-0.2, -0.15) is 13.2 Å². The molecule has 1 aliphatic rings. The summed E-state index contributed by atoms with van der Waals surface area (Å²) in [5, 5.41) is 5.46. The number of amides is 3. The Balaban J connectivity index is 1.73. The fourth-order valence-electron chi connectivity index (χ4n) is 4.36. The molecule has 0 bridgehead atoms. The van der Waals surface area contributed by atoms with Crippen molar-refractivity contribution in [2.75, 3.05) is 25.0 Å². The van der Waals surface area contributed by atoms with E-state index in [1.807, 2.05) is 0 Å². The van der Waals surface area contributed by atoms with Crippen molar-refractivity contribution >= 4 is 45.5 Å². The Morgan fingerprint density at radius 3 is 2.46 bits per heavy atom. The van der Waals surface area contributed by atoms with Crippen LogP contribution < -0.4 is 15.5 Å². The highest BCUT2D eigenvalue weighted by molar-refractivity contribution is 6.50. The number of anilines is 1. The molecule has 0 saturated heterocycles. The highest BCUT2D eigenvalue weighted by atomic mass is 19.4. The van der Waals surface area contributed by atoms with Gasteiger partial charge in [-0.15, -0.1) is 0 Å². The van der Waals surface area contributed by atoms with Gasteiger partial charge in [-0.1, -0.05) is 24.8 Å². The Kier molecular flexibility index (Phi) is 7.19. The maximum Gasteiger partial charge on any atom is 0.417 e. The molecule has 192 valence electrons. The van der Waals surface area contributed by atoms with E-state index < -0.39 is 23.6 Å². The third-order valence-corrected chi connectivity index (χ3v) is 6.21. The van der Waals surface area contributed by atoms with Crippen LogP contribution in [0.1, 0.15) is 29.5 Å². The Hall–Kier alpha value is -4.34. The maximum atomic E-state index is 14.1. The highest BCUT2D eigenvalue weighted by Gasteiger charge is 2.40. The molecule has 0 aliphatic carbocycles. The average molecular weight is 511 g/mol. The third-order valence-electron chi connectivity index (χ3n) is 6.21. The first kappa shape index (κ1) is 25.7. The number of aromatic amines is 1. The summed E-state index contributed by atoms with van der Waals surface area (Å²) in [4.78, 5) is 41.7. The quantitative estimate of drug-likeness (QED) is 0.228. The zero-order valence-corrected chi connectivity index (χ0v) is 20.0. The van der Waals surface area contributed by atoms with E-state index >= 15 is 0 Å². The number of para-hydroxylation sites is 1. The predicted octanol–water partition coefficient (Wildman–Crippen LogP) is 4.27.